The Morgan fingerprint density at radius 1 is 1.03 bits per heavy atom. The molecule has 1 aliphatic rings. The summed E-state index contributed by atoms with van der Waals surface area (Å²) in [6.45, 7) is 2.54. The summed E-state index contributed by atoms with van der Waals surface area (Å²) in [5.74, 6) is -0.334. The second kappa shape index (κ2) is 8.16. The topological polar surface area (TPSA) is 66.5 Å². The van der Waals surface area contributed by atoms with Crippen LogP contribution in [0.5, 0.6) is 0 Å². The SMILES string of the molecule is CCN1C(=O)CCc2cc(CNS(=O)(=O)Cc3ccc(C(F)(F)F)cc3)ccc21. The van der Waals surface area contributed by atoms with Gasteiger partial charge in [0.25, 0.3) is 0 Å². The van der Waals surface area contributed by atoms with E-state index in [2.05, 4.69) is 4.72 Å². The van der Waals surface area contributed by atoms with Crippen LogP contribution in [0.1, 0.15) is 35.6 Å². The lowest BCUT2D eigenvalue weighted by atomic mass is 9.99. The predicted octanol–water partition coefficient (Wildman–Crippen LogP) is 3.62. The van der Waals surface area contributed by atoms with E-state index >= 15 is 0 Å². The van der Waals surface area contributed by atoms with Crippen molar-refractivity contribution in [2.45, 2.75) is 38.2 Å². The third-order valence-electron chi connectivity index (χ3n) is 4.79. The fraction of sp³-hybridized carbons (Fsp3) is 0.350. The normalized spacial score (nSPS) is 14.8. The Balaban J connectivity index is 1.65. The minimum absolute atomic E-state index is 0.0658. The van der Waals surface area contributed by atoms with E-state index in [4.69, 9.17) is 0 Å². The largest absolute Gasteiger partial charge is 0.416 e. The summed E-state index contributed by atoms with van der Waals surface area (Å²) < 4.78 is 64.9. The standard InChI is InChI=1S/C20H21F3N2O3S/c1-2-25-18-9-5-15(11-16(18)6-10-19(25)26)12-24-29(27,28)13-14-3-7-17(8-4-14)20(21,22)23/h3-5,7-9,11,24H,2,6,10,12-13H2,1H3. The second-order valence-electron chi connectivity index (χ2n) is 6.88. The average Bonchev–Trinajstić information content (AvgIpc) is 2.66. The maximum atomic E-state index is 12.6. The van der Waals surface area contributed by atoms with E-state index in [0.717, 1.165) is 41.1 Å². The van der Waals surface area contributed by atoms with E-state index < -0.39 is 27.5 Å². The first-order chi connectivity index (χ1) is 13.6. The molecule has 2 aromatic rings. The van der Waals surface area contributed by atoms with Crippen LogP contribution in [0.25, 0.3) is 0 Å². The molecular formula is C20H21F3N2O3S. The van der Waals surface area contributed by atoms with Gasteiger partial charge in [0.1, 0.15) is 0 Å². The van der Waals surface area contributed by atoms with Crippen molar-refractivity contribution in [1.82, 2.24) is 4.72 Å². The first-order valence-corrected chi connectivity index (χ1v) is 10.8. The molecule has 29 heavy (non-hydrogen) atoms. The van der Waals surface area contributed by atoms with Crippen LogP contribution in [-0.4, -0.2) is 20.9 Å². The van der Waals surface area contributed by atoms with Crippen molar-refractivity contribution < 1.29 is 26.4 Å². The number of fused-ring (bicyclic) bond motifs is 1. The number of rotatable bonds is 6. The molecular weight excluding hydrogens is 405 g/mol. The first kappa shape index (κ1) is 21.3. The van der Waals surface area contributed by atoms with Gasteiger partial charge in [-0.3, -0.25) is 4.79 Å². The Bertz CT molecular complexity index is 1000. The van der Waals surface area contributed by atoms with Crippen LogP contribution in [0.3, 0.4) is 0 Å². The highest BCUT2D eigenvalue weighted by atomic mass is 32.2. The van der Waals surface area contributed by atoms with Crippen molar-refractivity contribution in [2.24, 2.45) is 0 Å². The molecule has 0 bridgehead atoms. The number of nitrogens with zero attached hydrogens (tertiary/aromatic N) is 1. The maximum absolute atomic E-state index is 12.6. The molecule has 9 heteroatoms. The van der Waals surface area contributed by atoms with Gasteiger partial charge in [0.15, 0.2) is 0 Å². The van der Waals surface area contributed by atoms with Gasteiger partial charge in [-0.2, -0.15) is 13.2 Å². The molecule has 0 unspecified atom stereocenters. The van der Waals surface area contributed by atoms with Crippen molar-refractivity contribution in [2.75, 3.05) is 11.4 Å². The minimum atomic E-state index is -4.46. The van der Waals surface area contributed by atoms with Gasteiger partial charge in [-0.15, -0.1) is 0 Å². The van der Waals surface area contributed by atoms with E-state index in [9.17, 15) is 26.4 Å². The van der Waals surface area contributed by atoms with Gasteiger partial charge in [-0.05, 0) is 48.2 Å². The van der Waals surface area contributed by atoms with E-state index in [1.54, 1.807) is 11.0 Å². The van der Waals surface area contributed by atoms with Crippen LogP contribution in [0.4, 0.5) is 18.9 Å². The summed E-state index contributed by atoms with van der Waals surface area (Å²) in [6, 6.07) is 9.53. The fourth-order valence-electron chi connectivity index (χ4n) is 3.32. The van der Waals surface area contributed by atoms with Crippen molar-refractivity contribution in [3.05, 3.63) is 64.7 Å². The van der Waals surface area contributed by atoms with Crippen LogP contribution in [0.2, 0.25) is 0 Å². The first-order valence-electron chi connectivity index (χ1n) is 9.14. The molecule has 3 rings (SSSR count). The van der Waals surface area contributed by atoms with E-state index in [1.165, 1.54) is 0 Å². The highest BCUT2D eigenvalue weighted by molar-refractivity contribution is 7.88. The van der Waals surface area contributed by atoms with E-state index in [0.29, 0.717) is 19.4 Å². The number of benzene rings is 2. The number of amides is 1. The Morgan fingerprint density at radius 3 is 2.31 bits per heavy atom. The number of hydrogen-bond acceptors (Lipinski definition) is 3. The molecule has 0 radical (unpaired) electrons. The number of hydrogen-bond donors (Lipinski definition) is 1. The molecule has 0 spiro atoms. The highest BCUT2D eigenvalue weighted by Crippen LogP contribution is 2.30. The molecule has 1 amide bonds. The lowest BCUT2D eigenvalue weighted by Gasteiger charge is -2.28. The van der Waals surface area contributed by atoms with Crippen molar-refractivity contribution >= 4 is 21.6 Å². The number of carbonyl (C=O) groups is 1. The molecule has 0 aromatic heterocycles. The lowest BCUT2D eigenvalue weighted by molar-refractivity contribution is -0.137. The smallest absolute Gasteiger partial charge is 0.312 e. The van der Waals surface area contributed by atoms with Gasteiger partial charge in [-0.1, -0.05) is 24.3 Å². The van der Waals surface area contributed by atoms with Gasteiger partial charge in [0, 0.05) is 25.2 Å². The Labute approximate surface area is 167 Å². The van der Waals surface area contributed by atoms with Gasteiger partial charge < -0.3 is 4.90 Å². The van der Waals surface area contributed by atoms with E-state index in [-0.39, 0.29) is 18.0 Å². The van der Waals surface area contributed by atoms with Gasteiger partial charge >= 0.3 is 6.18 Å². The summed E-state index contributed by atoms with van der Waals surface area (Å²) in [6.07, 6.45) is -3.43. The molecule has 1 aliphatic heterocycles. The van der Waals surface area contributed by atoms with Crippen molar-refractivity contribution in [3.8, 4) is 0 Å². The number of aryl methyl sites for hydroxylation is 1. The van der Waals surface area contributed by atoms with Gasteiger partial charge in [0.2, 0.25) is 15.9 Å². The number of alkyl halides is 3. The molecule has 1 heterocycles. The Kier molecular flexibility index (Phi) is 6.00. The molecule has 0 atom stereocenters. The zero-order chi connectivity index (χ0) is 21.2. The molecule has 0 saturated heterocycles. The zero-order valence-corrected chi connectivity index (χ0v) is 16.6. The number of nitrogens with one attached hydrogen (secondary N) is 1. The summed E-state index contributed by atoms with van der Waals surface area (Å²) >= 11 is 0. The molecule has 2 aromatic carbocycles. The third-order valence-corrected chi connectivity index (χ3v) is 6.09. The predicted molar refractivity (Wildman–Crippen MR) is 104 cm³/mol. The molecule has 156 valence electrons. The zero-order valence-electron chi connectivity index (χ0n) is 15.8. The van der Waals surface area contributed by atoms with Crippen molar-refractivity contribution in [1.29, 1.82) is 0 Å². The number of halogens is 3. The highest BCUT2D eigenvalue weighted by Gasteiger charge is 2.30. The molecule has 0 aliphatic carbocycles. The number of anilines is 1. The van der Waals surface area contributed by atoms with Crippen LogP contribution in [-0.2, 0) is 39.7 Å². The quantitative estimate of drug-likeness (QED) is 0.767. The monoisotopic (exact) mass is 426 g/mol. The minimum Gasteiger partial charge on any atom is -0.312 e. The third kappa shape index (κ3) is 5.16. The van der Waals surface area contributed by atoms with Crippen LogP contribution >= 0.6 is 0 Å². The van der Waals surface area contributed by atoms with Crippen LogP contribution in [0.15, 0.2) is 42.5 Å². The second-order valence-corrected chi connectivity index (χ2v) is 8.68. The molecule has 0 saturated carbocycles. The summed E-state index contributed by atoms with van der Waals surface area (Å²) in [7, 11) is -3.72. The maximum Gasteiger partial charge on any atom is 0.416 e. The van der Waals surface area contributed by atoms with Crippen molar-refractivity contribution in [3.63, 3.8) is 0 Å². The average molecular weight is 426 g/mol. The van der Waals surface area contributed by atoms with Crippen LogP contribution in [0, 0.1) is 0 Å². The summed E-state index contributed by atoms with van der Waals surface area (Å²) in [5, 5.41) is 0. The molecule has 1 N–H and O–H groups in total. The fourth-order valence-corrected chi connectivity index (χ4v) is 4.44. The summed E-state index contributed by atoms with van der Waals surface area (Å²) in [4.78, 5) is 13.7. The summed E-state index contributed by atoms with van der Waals surface area (Å²) in [5.41, 5.74) is 2.05. The number of sulfonamides is 1. The van der Waals surface area contributed by atoms with Gasteiger partial charge in [-0.25, -0.2) is 13.1 Å². The van der Waals surface area contributed by atoms with Crippen LogP contribution < -0.4 is 9.62 Å². The Morgan fingerprint density at radius 2 is 1.69 bits per heavy atom. The molecule has 0 fully saturated rings. The van der Waals surface area contributed by atoms with Gasteiger partial charge in [0.05, 0.1) is 11.3 Å². The molecule has 5 nitrogen and oxygen atoms in total. The lowest BCUT2D eigenvalue weighted by Crippen LogP contribution is -2.34. The number of carbonyl (C=O) groups excluding carboxylic acids is 1. The van der Waals surface area contributed by atoms with E-state index in [1.807, 2.05) is 19.1 Å². The Hall–Kier alpha value is -2.39.